The van der Waals surface area contributed by atoms with Crippen molar-refractivity contribution in [1.82, 2.24) is 15.0 Å². The molecule has 124 valence electrons. The van der Waals surface area contributed by atoms with E-state index >= 15 is 0 Å². The van der Waals surface area contributed by atoms with E-state index in [1.54, 1.807) is 11.3 Å². The maximum absolute atomic E-state index is 4.45. The number of aromatic nitrogens is 3. The lowest BCUT2D eigenvalue weighted by Gasteiger charge is -2.11. The molecule has 3 aromatic heterocycles. The van der Waals surface area contributed by atoms with E-state index in [9.17, 15) is 0 Å². The van der Waals surface area contributed by atoms with E-state index in [4.69, 9.17) is 0 Å². The Kier molecular flexibility index (Phi) is 4.26. The zero-order valence-corrected chi connectivity index (χ0v) is 14.5. The molecular formula is C19H17N5S. The molecule has 4 rings (SSSR count). The monoisotopic (exact) mass is 347 g/mol. The van der Waals surface area contributed by atoms with Crippen LogP contribution in [0.5, 0.6) is 0 Å². The molecular weight excluding hydrogens is 330 g/mol. The van der Waals surface area contributed by atoms with Crippen molar-refractivity contribution in [2.24, 2.45) is 0 Å². The van der Waals surface area contributed by atoms with Gasteiger partial charge in [0.2, 0.25) is 0 Å². The second kappa shape index (κ2) is 6.86. The molecule has 0 saturated carbocycles. The summed E-state index contributed by atoms with van der Waals surface area (Å²) in [6.45, 7) is 2.77. The lowest BCUT2D eigenvalue weighted by molar-refractivity contribution is 1.15. The summed E-state index contributed by atoms with van der Waals surface area (Å²) < 4.78 is 0. The predicted octanol–water partition coefficient (Wildman–Crippen LogP) is 4.75. The fourth-order valence-electron chi connectivity index (χ4n) is 2.58. The van der Waals surface area contributed by atoms with E-state index in [2.05, 4.69) is 54.5 Å². The number of nitrogens with one attached hydrogen (secondary N) is 2. The molecule has 2 N–H and O–H groups in total. The normalized spacial score (nSPS) is 10.8. The number of benzene rings is 1. The Morgan fingerprint density at radius 2 is 1.96 bits per heavy atom. The highest BCUT2D eigenvalue weighted by Gasteiger charge is 2.06. The Hall–Kier alpha value is -2.99. The number of thiophene rings is 1. The lowest BCUT2D eigenvalue weighted by Crippen LogP contribution is -2.00. The van der Waals surface area contributed by atoms with Gasteiger partial charge in [0.15, 0.2) is 5.65 Å². The van der Waals surface area contributed by atoms with Crippen LogP contribution in [0.4, 0.5) is 17.2 Å². The number of pyridine rings is 1. The summed E-state index contributed by atoms with van der Waals surface area (Å²) in [4.78, 5) is 13.1. The van der Waals surface area contributed by atoms with Crippen LogP contribution in [0.3, 0.4) is 0 Å². The summed E-state index contributed by atoms with van der Waals surface area (Å²) in [5, 5.41) is 12.0. The van der Waals surface area contributed by atoms with Gasteiger partial charge in [0.25, 0.3) is 0 Å². The first-order chi connectivity index (χ1) is 12.3. The molecule has 6 heteroatoms. The molecule has 0 fully saturated rings. The van der Waals surface area contributed by atoms with Gasteiger partial charge in [-0.3, -0.25) is 0 Å². The largest absolute Gasteiger partial charge is 0.381 e. The molecule has 0 aliphatic heterocycles. The standard InChI is InChI=1S/C19H17N5S/c1-13-5-6-17-18(23-13)21-12-22-19(17)24-16-4-2-3-15(9-16)20-10-14-7-8-25-11-14/h2-9,11-12,20H,10H2,1H3,(H,21,22,23,24). The highest BCUT2D eigenvalue weighted by atomic mass is 32.1. The van der Waals surface area contributed by atoms with Gasteiger partial charge in [-0.25, -0.2) is 15.0 Å². The van der Waals surface area contributed by atoms with Gasteiger partial charge in [-0.15, -0.1) is 0 Å². The van der Waals surface area contributed by atoms with Crippen molar-refractivity contribution in [2.45, 2.75) is 13.5 Å². The average molecular weight is 347 g/mol. The third-order valence-electron chi connectivity index (χ3n) is 3.84. The van der Waals surface area contributed by atoms with E-state index in [1.807, 2.05) is 31.2 Å². The minimum atomic E-state index is 0.698. The summed E-state index contributed by atoms with van der Waals surface area (Å²) in [7, 11) is 0. The SMILES string of the molecule is Cc1ccc2c(Nc3cccc(NCc4ccsc4)c3)ncnc2n1. The Morgan fingerprint density at radius 3 is 2.84 bits per heavy atom. The summed E-state index contributed by atoms with van der Waals surface area (Å²) in [5.41, 5.74) is 4.95. The average Bonchev–Trinajstić information content (AvgIpc) is 3.14. The van der Waals surface area contributed by atoms with Crippen molar-refractivity contribution in [2.75, 3.05) is 10.6 Å². The Bertz CT molecular complexity index is 998. The molecule has 0 aliphatic carbocycles. The number of fused-ring (bicyclic) bond motifs is 1. The second-order valence-corrected chi connectivity index (χ2v) is 6.52. The number of anilines is 3. The van der Waals surface area contributed by atoms with Crippen LogP contribution in [0, 0.1) is 6.92 Å². The minimum absolute atomic E-state index is 0.698. The third kappa shape index (κ3) is 3.59. The molecule has 4 aromatic rings. The molecule has 0 radical (unpaired) electrons. The Labute approximate surface area is 149 Å². The van der Waals surface area contributed by atoms with Crippen molar-refractivity contribution in [1.29, 1.82) is 0 Å². The maximum Gasteiger partial charge on any atom is 0.164 e. The fraction of sp³-hybridized carbons (Fsp3) is 0.105. The minimum Gasteiger partial charge on any atom is -0.381 e. The fourth-order valence-corrected chi connectivity index (χ4v) is 3.25. The molecule has 1 aromatic carbocycles. The van der Waals surface area contributed by atoms with Crippen molar-refractivity contribution >= 4 is 39.6 Å². The van der Waals surface area contributed by atoms with Crippen LogP contribution < -0.4 is 10.6 Å². The molecule has 0 amide bonds. The van der Waals surface area contributed by atoms with Crippen molar-refractivity contribution < 1.29 is 0 Å². The van der Waals surface area contributed by atoms with Gasteiger partial charge in [-0.2, -0.15) is 11.3 Å². The molecule has 3 heterocycles. The first-order valence-electron chi connectivity index (χ1n) is 7.98. The van der Waals surface area contributed by atoms with E-state index in [0.29, 0.717) is 5.65 Å². The van der Waals surface area contributed by atoms with E-state index < -0.39 is 0 Å². The summed E-state index contributed by atoms with van der Waals surface area (Å²) in [5.74, 6) is 0.757. The summed E-state index contributed by atoms with van der Waals surface area (Å²) in [6, 6.07) is 14.3. The maximum atomic E-state index is 4.45. The zero-order valence-electron chi connectivity index (χ0n) is 13.7. The van der Waals surface area contributed by atoms with Gasteiger partial charge >= 0.3 is 0 Å². The third-order valence-corrected chi connectivity index (χ3v) is 4.57. The first-order valence-corrected chi connectivity index (χ1v) is 8.92. The van der Waals surface area contributed by atoms with Crippen molar-refractivity contribution in [3.63, 3.8) is 0 Å². The number of rotatable bonds is 5. The van der Waals surface area contributed by atoms with Crippen molar-refractivity contribution in [3.05, 3.63) is 70.8 Å². The lowest BCUT2D eigenvalue weighted by atomic mass is 10.2. The zero-order chi connectivity index (χ0) is 17.1. The Balaban J connectivity index is 1.56. The summed E-state index contributed by atoms with van der Waals surface area (Å²) >= 11 is 1.71. The van der Waals surface area contributed by atoms with Crippen LogP contribution >= 0.6 is 11.3 Å². The number of hydrogen-bond donors (Lipinski definition) is 2. The van der Waals surface area contributed by atoms with E-state index in [-0.39, 0.29) is 0 Å². The van der Waals surface area contributed by atoms with Crippen LogP contribution in [0.2, 0.25) is 0 Å². The molecule has 5 nitrogen and oxygen atoms in total. The quantitative estimate of drug-likeness (QED) is 0.545. The molecule has 0 unspecified atom stereocenters. The van der Waals surface area contributed by atoms with Gasteiger partial charge in [0.1, 0.15) is 12.1 Å². The van der Waals surface area contributed by atoms with Crippen LogP contribution in [-0.4, -0.2) is 15.0 Å². The molecule has 0 atom stereocenters. The Morgan fingerprint density at radius 1 is 1.04 bits per heavy atom. The van der Waals surface area contributed by atoms with Gasteiger partial charge in [0.05, 0.1) is 5.39 Å². The van der Waals surface area contributed by atoms with Crippen LogP contribution in [0.15, 0.2) is 59.6 Å². The molecule has 0 saturated heterocycles. The van der Waals surface area contributed by atoms with E-state index in [1.165, 1.54) is 11.9 Å². The summed E-state index contributed by atoms with van der Waals surface area (Å²) in [6.07, 6.45) is 1.54. The van der Waals surface area contributed by atoms with Crippen molar-refractivity contribution in [3.8, 4) is 0 Å². The molecule has 0 aliphatic rings. The smallest absolute Gasteiger partial charge is 0.164 e. The second-order valence-electron chi connectivity index (χ2n) is 5.74. The highest BCUT2D eigenvalue weighted by Crippen LogP contribution is 2.24. The van der Waals surface area contributed by atoms with Gasteiger partial charge in [0, 0.05) is 23.6 Å². The molecule has 0 bridgehead atoms. The van der Waals surface area contributed by atoms with Crippen LogP contribution in [0.1, 0.15) is 11.3 Å². The van der Waals surface area contributed by atoms with E-state index in [0.717, 1.165) is 34.8 Å². The van der Waals surface area contributed by atoms with Gasteiger partial charge in [-0.05, 0) is 59.6 Å². The van der Waals surface area contributed by atoms with Gasteiger partial charge in [-0.1, -0.05) is 6.07 Å². The van der Waals surface area contributed by atoms with Crippen LogP contribution in [0.25, 0.3) is 11.0 Å². The number of aryl methyl sites for hydroxylation is 1. The highest BCUT2D eigenvalue weighted by molar-refractivity contribution is 7.07. The predicted molar refractivity (Wildman–Crippen MR) is 103 cm³/mol. The van der Waals surface area contributed by atoms with Gasteiger partial charge < -0.3 is 10.6 Å². The number of hydrogen-bond acceptors (Lipinski definition) is 6. The number of nitrogens with zero attached hydrogens (tertiary/aromatic N) is 3. The molecule has 0 spiro atoms. The first kappa shape index (κ1) is 15.5. The van der Waals surface area contributed by atoms with Crippen LogP contribution in [-0.2, 0) is 6.54 Å². The topological polar surface area (TPSA) is 62.7 Å². The molecule has 25 heavy (non-hydrogen) atoms.